The summed E-state index contributed by atoms with van der Waals surface area (Å²) in [6, 6.07) is 6.03. The van der Waals surface area contributed by atoms with Gasteiger partial charge in [-0.1, -0.05) is 30.5 Å². The highest BCUT2D eigenvalue weighted by Gasteiger charge is 2.40. The molecule has 1 heterocycles. The lowest BCUT2D eigenvalue weighted by Crippen LogP contribution is -2.48. The summed E-state index contributed by atoms with van der Waals surface area (Å²) in [6.07, 6.45) is 4.41. The Morgan fingerprint density at radius 1 is 1.22 bits per heavy atom. The van der Waals surface area contributed by atoms with Crippen LogP contribution in [0.1, 0.15) is 54.2 Å². The fourth-order valence-corrected chi connectivity index (χ4v) is 4.30. The summed E-state index contributed by atoms with van der Waals surface area (Å²) in [6.45, 7) is 1.71. The van der Waals surface area contributed by atoms with Gasteiger partial charge in [-0.2, -0.15) is 4.98 Å². The standard InChI is InChI=1S/C18H24N4O4S/c1-13-19-17(21-26-13)18(10-5-4-6-11-18)20-16(23)14-8-7-9-15(12-14)27(24,25)22(2)3/h7-9,12H,4-6,10-11H2,1-3H3,(H,20,23). The summed E-state index contributed by atoms with van der Waals surface area (Å²) < 4.78 is 30.9. The van der Waals surface area contributed by atoms with Crippen molar-refractivity contribution in [3.05, 3.63) is 41.5 Å². The van der Waals surface area contributed by atoms with Gasteiger partial charge in [0, 0.05) is 26.6 Å². The van der Waals surface area contributed by atoms with Crippen molar-refractivity contribution in [3.63, 3.8) is 0 Å². The summed E-state index contributed by atoms with van der Waals surface area (Å²) in [5.41, 5.74) is -0.410. The van der Waals surface area contributed by atoms with Crippen LogP contribution in [0.3, 0.4) is 0 Å². The summed E-state index contributed by atoms with van der Waals surface area (Å²) in [5.74, 6) is 0.573. The zero-order chi connectivity index (χ0) is 19.7. The minimum absolute atomic E-state index is 0.0771. The van der Waals surface area contributed by atoms with Gasteiger partial charge < -0.3 is 9.84 Å². The third-order valence-electron chi connectivity index (χ3n) is 4.89. The van der Waals surface area contributed by atoms with Crippen molar-refractivity contribution in [2.45, 2.75) is 49.5 Å². The fourth-order valence-electron chi connectivity index (χ4n) is 3.35. The average molecular weight is 392 g/mol. The van der Waals surface area contributed by atoms with Gasteiger partial charge in [-0.15, -0.1) is 0 Å². The van der Waals surface area contributed by atoms with Gasteiger partial charge in [-0.25, -0.2) is 12.7 Å². The molecule has 0 saturated heterocycles. The molecule has 0 atom stereocenters. The third-order valence-corrected chi connectivity index (χ3v) is 6.70. The number of amides is 1. The second-order valence-corrected chi connectivity index (χ2v) is 9.20. The maximum atomic E-state index is 12.9. The van der Waals surface area contributed by atoms with Gasteiger partial charge in [0.1, 0.15) is 5.54 Å². The van der Waals surface area contributed by atoms with Gasteiger partial charge in [-0.3, -0.25) is 4.79 Å². The molecular weight excluding hydrogens is 368 g/mol. The van der Waals surface area contributed by atoms with Crippen LogP contribution >= 0.6 is 0 Å². The molecule has 0 bridgehead atoms. The smallest absolute Gasteiger partial charge is 0.252 e. The number of aryl methyl sites for hydroxylation is 1. The van der Waals surface area contributed by atoms with E-state index < -0.39 is 15.6 Å². The van der Waals surface area contributed by atoms with E-state index in [1.807, 2.05) is 0 Å². The van der Waals surface area contributed by atoms with Crippen molar-refractivity contribution in [3.8, 4) is 0 Å². The summed E-state index contributed by atoms with van der Waals surface area (Å²) in [4.78, 5) is 17.4. The Labute approximate surface area is 159 Å². The largest absolute Gasteiger partial charge is 0.340 e. The SMILES string of the molecule is Cc1nc(C2(NC(=O)c3cccc(S(=O)(=O)N(C)C)c3)CCCCC2)no1. The number of nitrogens with zero attached hydrogens (tertiary/aromatic N) is 3. The van der Waals surface area contributed by atoms with Crippen LogP contribution in [0.25, 0.3) is 0 Å². The molecular formula is C18H24N4O4S. The number of hydrogen-bond donors (Lipinski definition) is 1. The minimum atomic E-state index is -3.62. The van der Waals surface area contributed by atoms with E-state index in [1.54, 1.807) is 19.1 Å². The quantitative estimate of drug-likeness (QED) is 0.836. The molecule has 8 nitrogen and oxygen atoms in total. The van der Waals surface area contributed by atoms with Crippen LogP contribution in [0, 0.1) is 6.92 Å². The molecule has 0 radical (unpaired) electrons. The Morgan fingerprint density at radius 2 is 1.93 bits per heavy atom. The lowest BCUT2D eigenvalue weighted by molar-refractivity contribution is 0.0855. The number of rotatable bonds is 5. The molecule has 1 saturated carbocycles. The summed E-state index contributed by atoms with van der Waals surface area (Å²) >= 11 is 0. The first-order valence-corrected chi connectivity index (χ1v) is 10.3. The molecule has 2 aromatic rings. The van der Waals surface area contributed by atoms with Gasteiger partial charge in [0.25, 0.3) is 5.91 Å². The van der Waals surface area contributed by atoms with Crippen LogP contribution in [-0.4, -0.2) is 42.9 Å². The molecule has 1 aliphatic carbocycles. The molecule has 1 amide bonds. The van der Waals surface area contributed by atoms with Crippen LogP contribution in [0.4, 0.5) is 0 Å². The molecule has 1 N–H and O–H groups in total. The molecule has 1 aromatic heterocycles. The molecule has 9 heteroatoms. The maximum absolute atomic E-state index is 12.9. The lowest BCUT2D eigenvalue weighted by Gasteiger charge is -2.35. The highest BCUT2D eigenvalue weighted by Crippen LogP contribution is 2.36. The maximum Gasteiger partial charge on any atom is 0.252 e. The first kappa shape index (κ1) is 19.5. The summed E-state index contributed by atoms with van der Waals surface area (Å²) in [5, 5.41) is 7.09. The van der Waals surface area contributed by atoms with Crippen molar-refractivity contribution < 1.29 is 17.7 Å². The zero-order valence-corrected chi connectivity index (χ0v) is 16.5. The van der Waals surface area contributed by atoms with Crippen molar-refractivity contribution in [2.75, 3.05) is 14.1 Å². The van der Waals surface area contributed by atoms with Crippen molar-refractivity contribution >= 4 is 15.9 Å². The Bertz CT molecular complexity index is 930. The highest BCUT2D eigenvalue weighted by molar-refractivity contribution is 7.89. The molecule has 0 unspecified atom stereocenters. The fraction of sp³-hybridized carbons (Fsp3) is 0.500. The van der Waals surface area contributed by atoms with Gasteiger partial charge in [-0.05, 0) is 31.0 Å². The lowest BCUT2D eigenvalue weighted by atomic mass is 9.80. The predicted octanol–water partition coefficient (Wildman–Crippen LogP) is 2.22. The van der Waals surface area contributed by atoms with Gasteiger partial charge >= 0.3 is 0 Å². The van der Waals surface area contributed by atoms with Crippen LogP contribution in [0.2, 0.25) is 0 Å². The predicted molar refractivity (Wildman–Crippen MR) is 98.6 cm³/mol. The van der Waals surface area contributed by atoms with E-state index in [2.05, 4.69) is 15.5 Å². The Balaban J connectivity index is 1.91. The molecule has 1 aromatic carbocycles. The number of benzene rings is 1. The van der Waals surface area contributed by atoms with Crippen LogP contribution < -0.4 is 5.32 Å². The highest BCUT2D eigenvalue weighted by atomic mass is 32.2. The first-order valence-electron chi connectivity index (χ1n) is 8.90. The third kappa shape index (κ3) is 3.89. The summed E-state index contributed by atoms with van der Waals surface area (Å²) in [7, 11) is -0.704. The number of carbonyl (C=O) groups is 1. The number of aromatic nitrogens is 2. The normalized spacial score (nSPS) is 17.0. The van der Waals surface area contributed by atoms with Crippen molar-refractivity contribution in [1.82, 2.24) is 19.8 Å². The van der Waals surface area contributed by atoms with E-state index in [0.29, 0.717) is 24.6 Å². The Kier molecular flexibility index (Phi) is 5.34. The Morgan fingerprint density at radius 3 is 2.52 bits per heavy atom. The number of hydrogen-bond acceptors (Lipinski definition) is 6. The van der Waals surface area contributed by atoms with E-state index in [0.717, 1.165) is 23.6 Å². The van der Waals surface area contributed by atoms with Crippen molar-refractivity contribution in [1.29, 1.82) is 0 Å². The number of sulfonamides is 1. The molecule has 0 aliphatic heterocycles. The molecule has 3 rings (SSSR count). The van der Waals surface area contributed by atoms with Crippen LogP contribution in [-0.2, 0) is 15.6 Å². The molecule has 1 aliphatic rings. The molecule has 146 valence electrons. The van der Waals surface area contributed by atoms with E-state index in [4.69, 9.17) is 4.52 Å². The van der Waals surface area contributed by atoms with Crippen LogP contribution in [0.5, 0.6) is 0 Å². The molecule has 27 heavy (non-hydrogen) atoms. The van der Waals surface area contributed by atoms with E-state index in [1.165, 1.54) is 26.2 Å². The van der Waals surface area contributed by atoms with Gasteiger partial charge in [0.15, 0.2) is 5.82 Å². The monoisotopic (exact) mass is 392 g/mol. The van der Waals surface area contributed by atoms with E-state index in [-0.39, 0.29) is 16.4 Å². The van der Waals surface area contributed by atoms with Crippen molar-refractivity contribution in [2.24, 2.45) is 0 Å². The molecule has 0 spiro atoms. The van der Waals surface area contributed by atoms with Gasteiger partial charge in [0.05, 0.1) is 4.90 Å². The second-order valence-electron chi connectivity index (χ2n) is 7.05. The van der Waals surface area contributed by atoms with Gasteiger partial charge in [0.2, 0.25) is 15.9 Å². The second kappa shape index (κ2) is 7.40. The molecule has 1 fully saturated rings. The average Bonchev–Trinajstić information content (AvgIpc) is 3.09. The minimum Gasteiger partial charge on any atom is -0.340 e. The Hall–Kier alpha value is -2.26. The van der Waals surface area contributed by atoms with Crippen LogP contribution in [0.15, 0.2) is 33.7 Å². The first-order chi connectivity index (χ1) is 12.7. The number of carbonyl (C=O) groups excluding carboxylic acids is 1. The number of nitrogens with one attached hydrogen (secondary N) is 1. The zero-order valence-electron chi connectivity index (χ0n) is 15.7. The topological polar surface area (TPSA) is 105 Å². The van der Waals surface area contributed by atoms with E-state index in [9.17, 15) is 13.2 Å². The van der Waals surface area contributed by atoms with E-state index >= 15 is 0 Å².